The minimum Gasteiger partial charge on any atom is -0.346 e. The van der Waals surface area contributed by atoms with E-state index >= 15 is 0 Å². The van der Waals surface area contributed by atoms with Gasteiger partial charge in [0.2, 0.25) is 0 Å². The van der Waals surface area contributed by atoms with Crippen LogP contribution in [0, 0.1) is 27.7 Å². The van der Waals surface area contributed by atoms with Crippen molar-refractivity contribution in [3.8, 4) is 11.1 Å². The molecule has 1 aliphatic carbocycles. The summed E-state index contributed by atoms with van der Waals surface area (Å²) >= 11 is 0. The van der Waals surface area contributed by atoms with Crippen molar-refractivity contribution in [1.82, 2.24) is 19.8 Å². The normalized spacial score (nSPS) is 13.0. The first-order valence-corrected chi connectivity index (χ1v) is 27.4. The van der Waals surface area contributed by atoms with Crippen LogP contribution < -0.4 is 10.6 Å². The zero-order chi connectivity index (χ0) is 56.1. The molecule has 9 aromatic rings. The Balaban J connectivity index is 0.000000216. The van der Waals surface area contributed by atoms with Crippen molar-refractivity contribution in [3.05, 3.63) is 236 Å². The third kappa shape index (κ3) is 13.8. The van der Waals surface area contributed by atoms with E-state index in [1.165, 1.54) is 85.4 Å². The number of carbonyl (C=O) groups is 2. The zero-order valence-electron chi connectivity index (χ0n) is 47.7. The molecule has 1 saturated carbocycles. The highest BCUT2D eigenvalue weighted by Crippen LogP contribution is 2.41. The smallest absolute Gasteiger partial charge is 0.346 e. The topological polar surface area (TPSA) is 102 Å². The highest BCUT2D eigenvalue weighted by Gasteiger charge is 2.25. The third-order valence-corrected chi connectivity index (χ3v) is 15.8. The van der Waals surface area contributed by atoms with Gasteiger partial charge in [-0.1, -0.05) is 176 Å². The number of nitrogens with zero attached hydrogens (tertiary/aromatic N) is 2. The molecule has 0 unspecified atom stereocenters. The SMILES string of the molecule is C.Cc1c(C)n(Cc2ccc(-c3ccccc3)cc2)c2ccc(C(=O)N[C@@H](C)c3ccc(C(C)(C)C)cc3)cc12.Cc1c(C)n(Cc2ccc(C(C)(C)C)cc2)c2ccc(C(=O)N[C@@H](C)c3cccc(C4CC4)c3)cc12.O=C=O. The Morgan fingerprint density at radius 3 is 1.38 bits per heavy atom. The quantitative estimate of drug-likeness (QED) is 0.127. The molecule has 8 heteroatoms. The van der Waals surface area contributed by atoms with E-state index in [2.05, 4.69) is 235 Å². The molecule has 1 fully saturated rings. The maximum atomic E-state index is 13.2. The van der Waals surface area contributed by atoms with E-state index in [1.807, 2.05) is 31.2 Å². The van der Waals surface area contributed by atoms with Gasteiger partial charge in [0.15, 0.2) is 0 Å². The predicted octanol–water partition coefficient (Wildman–Crippen LogP) is 16.8. The van der Waals surface area contributed by atoms with Crippen LogP contribution in [-0.4, -0.2) is 27.1 Å². The van der Waals surface area contributed by atoms with Crippen LogP contribution in [-0.2, 0) is 33.5 Å². The number of rotatable bonds is 12. The molecule has 0 bridgehead atoms. The Kier molecular flexibility index (Phi) is 18.3. The van der Waals surface area contributed by atoms with Gasteiger partial charge >= 0.3 is 6.15 Å². The Hall–Kier alpha value is -8.06. The Morgan fingerprint density at radius 1 is 0.519 bits per heavy atom. The van der Waals surface area contributed by atoms with Crippen molar-refractivity contribution < 1.29 is 19.2 Å². The van der Waals surface area contributed by atoms with E-state index < -0.39 is 0 Å². The van der Waals surface area contributed by atoms with Crippen molar-refractivity contribution in [2.75, 3.05) is 0 Å². The largest absolute Gasteiger partial charge is 0.373 e. The van der Waals surface area contributed by atoms with Crippen molar-refractivity contribution in [3.63, 3.8) is 0 Å². The van der Waals surface area contributed by atoms with Crippen LogP contribution in [0.25, 0.3) is 32.9 Å². The van der Waals surface area contributed by atoms with Crippen molar-refractivity contribution in [2.45, 2.75) is 145 Å². The summed E-state index contributed by atoms with van der Waals surface area (Å²) in [6.07, 6.45) is 2.82. The summed E-state index contributed by atoms with van der Waals surface area (Å²) < 4.78 is 4.72. The lowest BCUT2D eigenvalue weighted by atomic mass is 9.86. The van der Waals surface area contributed by atoms with E-state index in [0.717, 1.165) is 34.9 Å². The molecule has 8 nitrogen and oxygen atoms in total. The fourth-order valence-electron chi connectivity index (χ4n) is 10.4. The second-order valence-electron chi connectivity index (χ2n) is 23.4. The Labute approximate surface area is 469 Å². The van der Waals surface area contributed by atoms with Gasteiger partial charge in [0.25, 0.3) is 11.8 Å². The summed E-state index contributed by atoms with van der Waals surface area (Å²) in [6, 6.07) is 57.6. The van der Waals surface area contributed by atoms with Gasteiger partial charge in [-0.05, 0) is 169 Å². The lowest BCUT2D eigenvalue weighted by Crippen LogP contribution is -2.26. The van der Waals surface area contributed by atoms with E-state index in [-0.39, 0.29) is 48.3 Å². The molecule has 408 valence electrons. The molecular formula is C71H80N4O4. The first kappa shape index (κ1) is 58.6. The summed E-state index contributed by atoms with van der Waals surface area (Å²) in [5, 5.41) is 8.68. The molecule has 1 aliphatic rings. The Morgan fingerprint density at radius 2 is 0.937 bits per heavy atom. The minimum atomic E-state index is -0.0755. The Bertz CT molecular complexity index is 3600. The number of hydrogen-bond acceptors (Lipinski definition) is 4. The van der Waals surface area contributed by atoms with Gasteiger partial charge in [-0.25, -0.2) is 0 Å². The summed E-state index contributed by atoms with van der Waals surface area (Å²) in [5.74, 6) is 0.635. The van der Waals surface area contributed by atoms with Crippen LogP contribution in [0.3, 0.4) is 0 Å². The molecule has 0 radical (unpaired) electrons. The first-order valence-electron chi connectivity index (χ1n) is 27.4. The second kappa shape index (κ2) is 24.7. The maximum Gasteiger partial charge on any atom is 0.373 e. The molecule has 2 N–H and O–H groups in total. The van der Waals surface area contributed by atoms with Gasteiger partial charge in [0.05, 0.1) is 12.1 Å². The highest BCUT2D eigenvalue weighted by molar-refractivity contribution is 6.00. The number of fused-ring (bicyclic) bond motifs is 2. The summed E-state index contributed by atoms with van der Waals surface area (Å²) in [5.41, 5.74) is 20.2. The summed E-state index contributed by atoms with van der Waals surface area (Å²) in [7, 11) is 0. The number of aryl methyl sites for hydroxylation is 2. The van der Waals surface area contributed by atoms with E-state index in [0.29, 0.717) is 17.0 Å². The van der Waals surface area contributed by atoms with Gasteiger partial charge in [-0.3, -0.25) is 9.59 Å². The zero-order valence-corrected chi connectivity index (χ0v) is 47.7. The molecule has 0 aliphatic heterocycles. The van der Waals surface area contributed by atoms with Gasteiger partial charge in [0, 0.05) is 57.4 Å². The fourth-order valence-corrected chi connectivity index (χ4v) is 10.4. The van der Waals surface area contributed by atoms with E-state index in [9.17, 15) is 9.59 Å². The molecule has 79 heavy (non-hydrogen) atoms. The number of amides is 2. The standard InChI is InChI=1S/C36H38N2O.C33H38N2O.CO2.CH4/c1-24-26(3)38(23-27-12-14-30(15-13-27)29-10-8-7-9-11-29)34-21-18-31(22-33(24)34)35(39)37-25(2)28-16-19-32(20-17-28)36(4,5)6;1-21-23(3)35(20-24-10-15-29(16-11-24)33(4,5)6)31-17-14-28(19-30(21)31)32(36)34-22(2)26-8-7-9-27(18-26)25-12-13-25;2-1-3;/h7-22,25H,23H2,1-6H3,(H,37,39);7-11,14-19,22,25H,12-13,20H2,1-6H3,(H,34,36);;1H4/t25-;22-;;/m00../s1. The number of nitrogens with one attached hydrogen (secondary N) is 2. The van der Waals surface area contributed by atoms with Gasteiger partial charge < -0.3 is 19.8 Å². The molecule has 2 atom stereocenters. The first-order chi connectivity index (χ1) is 37.1. The number of aromatic nitrogens is 2. The van der Waals surface area contributed by atoms with Crippen molar-refractivity contribution >= 4 is 39.8 Å². The van der Waals surface area contributed by atoms with Crippen LogP contribution in [0.5, 0.6) is 0 Å². The number of carbonyl (C=O) groups excluding carboxylic acids is 4. The number of benzene rings is 7. The maximum absolute atomic E-state index is 13.2. The van der Waals surface area contributed by atoms with Crippen LogP contribution in [0.15, 0.2) is 164 Å². The second-order valence-corrected chi connectivity index (χ2v) is 23.4. The lowest BCUT2D eigenvalue weighted by molar-refractivity contribution is -0.191. The van der Waals surface area contributed by atoms with Crippen molar-refractivity contribution in [2.24, 2.45) is 0 Å². The number of hydrogen-bond donors (Lipinski definition) is 2. The predicted molar refractivity (Wildman–Crippen MR) is 325 cm³/mol. The molecule has 2 aromatic heterocycles. The molecule has 0 saturated heterocycles. The molecule has 2 heterocycles. The van der Waals surface area contributed by atoms with E-state index in [4.69, 9.17) is 9.59 Å². The van der Waals surface area contributed by atoms with Gasteiger partial charge in [-0.15, -0.1) is 0 Å². The third-order valence-electron chi connectivity index (χ3n) is 15.8. The van der Waals surface area contributed by atoms with Crippen LogP contribution in [0.2, 0.25) is 0 Å². The fraction of sp³-hybridized carbons (Fsp3) is 0.310. The summed E-state index contributed by atoms with van der Waals surface area (Å²) in [6.45, 7) is 27.7. The molecule has 7 aromatic carbocycles. The average Bonchev–Trinajstić information content (AvgIpc) is 4.43. The summed E-state index contributed by atoms with van der Waals surface area (Å²) in [4.78, 5) is 42.7. The van der Waals surface area contributed by atoms with E-state index in [1.54, 1.807) is 0 Å². The molecule has 10 rings (SSSR count). The average molecular weight is 1050 g/mol. The monoisotopic (exact) mass is 1050 g/mol. The van der Waals surface area contributed by atoms with Gasteiger partial charge in [0.1, 0.15) is 0 Å². The van der Waals surface area contributed by atoms with Crippen LogP contribution >= 0.6 is 0 Å². The molecular weight excluding hydrogens is 973 g/mol. The highest BCUT2D eigenvalue weighted by atomic mass is 16.2. The van der Waals surface area contributed by atoms with Crippen LogP contribution in [0.4, 0.5) is 0 Å². The molecule has 2 amide bonds. The molecule has 0 spiro atoms. The van der Waals surface area contributed by atoms with Crippen LogP contribution in [0.1, 0.15) is 176 Å². The lowest BCUT2D eigenvalue weighted by Gasteiger charge is -2.20. The van der Waals surface area contributed by atoms with Crippen molar-refractivity contribution in [1.29, 1.82) is 0 Å². The minimum absolute atomic E-state index is 0. The van der Waals surface area contributed by atoms with Gasteiger partial charge in [-0.2, -0.15) is 9.59 Å².